The largest absolute Gasteiger partial charge is 0.394 e. The number of likely N-dealkylation sites (tertiary alicyclic amines) is 1. The Kier molecular flexibility index (Phi) is 8.38. The van der Waals surface area contributed by atoms with E-state index >= 15 is 4.79 Å². The molecule has 3 aromatic rings. The zero-order valence-electron chi connectivity index (χ0n) is 26.8. The molecule has 46 heavy (non-hydrogen) atoms. The Labute approximate surface area is 270 Å². The molecule has 2 bridgehead atoms. The van der Waals surface area contributed by atoms with Gasteiger partial charge in [-0.25, -0.2) is 0 Å². The molecule has 8 heteroatoms. The van der Waals surface area contributed by atoms with E-state index in [4.69, 9.17) is 4.74 Å². The maximum Gasteiger partial charge on any atom is 0.253 e. The molecule has 3 fully saturated rings. The molecule has 3 aliphatic heterocycles. The Morgan fingerprint density at radius 2 is 1.70 bits per heavy atom. The number of aliphatic hydroxyl groups excluding tert-OH is 1. The first-order valence-electron chi connectivity index (χ1n) is 16.0. The van der Waals surface area contributed by atoms with Gasteiger partial charge in [0.2, 0.25) is 11.8 Å². The number of rotatable bonds is 11. The van der Waals surface area contributed by atoms with Crippen LogP contribution in [0.2, 0.25) is 0 Å². The average Bonchev–Trinajstić information content (AvgIpc) is 3.58. The summed E-state index contributed by atoms with van der Waals surface area (Å²) in [5.41, 5.74) is -0.600. The maximum absolute atomic E-state index is 15.2. The lowest BCUT2D eigenvalue weighted by Gasteiger charge is -2.39. The Morgan fingerprint density at radius 1 is 1.02 bits per heavy atom. The summed E-state index contributed by atoms with van der Waals surface area (Å²) in [6.07, 6.45) is 4.10. The SMILES string of the molecule is C=CCN(C)C(=O)[C@@H]1[C@H]2C(=O)N([C@@H](CO)Cc3ccccc3)C(C(=O)N(CC=C)c3ccc4ccccc4c3)C23CC(C)[C@@]1(C)O3. The monoisotopic (exact) mass is 621 g/mol. The van der Waals surface area contributed by atoms with Crippen LogP contribution in [0.15, 0.2) is 98.1 Å². The van der Waals surface area contributed by atoms with Gasteiger partial charge in [-0.2, -0.15) is 0 Å². The molecule has 6 rings (SSSR count). The molecule has 0 aliphatic carbocycles. The zero-order chi connectivity index (χ0) is 32.8. The van der Waals surface area contributed by atoms with Gasteiger partial charge in [0.1, 0.15) is 11.6 Å². The molecule has 0 radical (unpaired) electrons. The number of amides is 3. The number of likely N-dealkylation sites (N-methyl/N-ethyl adjacent to an activating group) is 1. The van der Waals surface area contributed by atoms with Gasteiger partial charge >= 0.3 is 0 Å². The summed E-state index contributed by atoms with van der Waals surface area (Å²) in [5, 5.41) is 12.9. The van der Waals surface area contributed by atoms with Crippen LogP contribution in [0.1, 0.15) is 25.8 Å². The molecule has 3 aliphatic rings. The average molecular weight is 622 g/mol. The third-order valence-electron chi connectivity index (χ3n) is 10.6. The van der Waals surface area contributed by atoms with Crippen molar-refractivity contribution in [2.75, 3.05) is 31.6 Å². The Bertz CT molecular complexity index is 1680. The highest BCUT2D eigenvalue weighted by molar-refractivity contribution is 6.06. The fraction of sp³-hybridized carbons (Fsp3) is 0.395. The number of aliphatic hydroxyl groups is 1. The summed E-state index contributed by atoms with van der Waals surface area (Å²) in [4.78, 5) is 48.9. The predicted molar refractivity (Wildman–Crippen MR) is 179 cm³/mol. The molecule has 0 saturated carbocycles. The third-order valence-corrected chi connectivity index (χ3v) is 10.6. The molecule has 3 amide bonds. The first kappa shape index (κ1) is 31.7. The molecule has 1 spiro atoms. The lowest BCUT2D eigenvalue weighted by Crippen LogP contribution is -2.59. The van der Waals surface area contributed by atoms with Gasteiger partial charge in [-0.3, -0.25) is 14.4 Å². The van der Waals surface area contributed by atoms with Crippen molar-refractivity contribution in [1.29, 1.82) is 0 Å². The van der Waals surface area contributed by atoms with Gasteiger partial charge < -0.3 is 24.5 Å². The molecule has 8 nitrogen and oxygen atoms in total. The van der Waals surface area contributed by atoms with Crippen molar-refractivity contribution in [3.63, 3.8) is 0 Å². The highest BCUT2D eigenvalue weighted by Crippen LogP contribution is 2.66. The number of hydrogen-bond donors (Lipinski definition) is 1. The normalized spacial score (nSPS) is 28.6. The second-order valence-corrected chi connectivity index (χ2v) is 13.3. The van der Waals surface area contributed by atoms with Gasteiger partial charge in [0.05, 0.1) is 30.1 Å². The van der Waals surface area contributed by atoms with Gasteiger partial charge in [0.15, 0.2) is 0 Å². The standard InChI is InChI=1S/C38H43N3O5/c1-6-19-39(5)34(43)31-32-35(44)41(30(24-42)21-26-13-9-8-10-14-26)33(38(32)23-25(3)37(31,4)46-38)36(45)40(20-7-2)29-18-17-27-15-11-12-16-28(27)22-29/h6-18,22,25,30-33,42H,1-2,19-21,23-24H2,3-5H3/t25?,30-,31+,32+,33?,37-,38?/m1/s1. The van der Waals surface area contributed by atoms with Crippen LogP contribution in [-0.4, -0.2) is 82.7 Å². The predicted octanol–water partition coefficient (Wildman–Crippen LogP) is 4.62. The van der Waals surface area contributed by atoms with E-state index in [0.29, 0.717) is 25.1 Å². The topological polar surface area (TPSA) is 90.4 Å². The van der Waals surface area contributed by atoms with Crippen molar-refractivity contribution >= 4 is 34.2 Å². The molecular weight excluding hydrogens is 578 g/mol. The highest BCUT2D eigenvalue weighted by atomic mass is 16.5. The van der Waals surface area contributed by atoms with Crippen LogP contribution in [0.3, 0.4) is 0 Å². The summed E-state index contributed by atoms with van der Waals surface area (Å²) in [7, 11) is 1.70. The van der Waals surface area contributed by atoms with E-state index in [9.17, 15) is 14.7 Å². The number of anilines is 1. The maximum atomic E-state index is 15.2. The van der Waals surface area contributed by atoms with Crippen molar-refractivity contribution in [2.45, 2.75) is 50.0 Å². The van der Waals surface area contributed by atoms with Crippen LogP contribution < -0.4 is 4.90 Å². The van der Waals surface area contributed by atoms with E-state index < -0.39 is 35.1 Å². The Balaban J connectivity index is 1.50. The van der Waals surface area contributed by atoms with Crippen molar-refractivity contribution in [3.05, 3.63) is 104 Å². The molecule has 7 atom stereocenters. The summed E-state index contributed by atoms with van der Waals surface area (Å²) in [5.74, 6) is -2.63. The molecular formula is C38H43N3O5. The van der Waals surface area contributed by atoms with Crippen LogP contribution in [0, 0.1) is 17.8 Å². The van der Waals surface area contributed by atoms with E-state index in [1.807, 2.05) is 86.6 Å². The number of nitrogens with zero attached hydrogens (tertiary/aromatic N) is 3. The van der Waals surface area contributed by atoms with Gasteiger partial charge in [-0.1, -0.05) is 79.7 Å². The summed E-state index contributed by atoms with van der Waals surface area (Å²) < 4.78 is 6.97. The van der Waals surface area contributed by atoms with Gasteiger partial charge in [0.25, 0.3) is 5.91 Å². The second-order valence-electron chi connectivity index (χ2n) is 13.3. The minimum atomic E-state index is -1.25. The van der Waals surface area contributed by atoms with Crippen molar-refractivity contribution in [3.8, 4) is 0 Å². The first-order valence-corrected chi connectivity index (χ1v) is 16.0. The van der Waals surface area contributed by atoms with Crippen molar-refractivity contribution in [1.82, 2.24) is 9.80 Å². The number of carbonyl (C=O) groups excluding carboxylic acids is 3. The van der Waals surface area contributed by atoms with Crippen LogP contribution in [0.5, 0.6) is 0 Å². The lowest BCUT2D eigenvalue weighted by atomic mass is 9.62. The van der Waals surface area contributed by atoms with Gasteiger partial charge in [0, 0.05) is 25.8 Å². The number of ether oxygens (including phenoxy) is 1. The summed E-state index contributed by atoms with van der Waals surface area (Å²) in [6, 6.07) is 21.6. The molecule has 0 aromatic heterocycles. The molecule has 1 N–H and O–H groups in total. The van der Waals surface area contributed by atoms with E-state index in [-0.39, 0.29) is 36.8 Å². The van der Waals surface area contributed by atoms with E-state index in [1.165, 1.54) is 0 Å². The smallest absolute Gasteiger partial charge is 0.253 e. The van der Waals surface area contributed by atoms with Gasteiger partial charge in [-0.05, 0) is 54.2 Å². The minimum Gasteiger partial charge on any atom is -0.394 e. The second kappa shape index (κ2) is 12.2. The van der Waals surface area contributed by atoms with Crippen molar-refractivity contribution < 1.29 is 24.2 Å². The highest BCUT2D eigenvalue weighted by Gasteiger charge is 2.80. The third kappa shape index (κ3) is 4.86. The zero-order valence-corrected chi connectivity index (χ0v) is 26.8. The van der Waals surface area contributed by atoms with Crippen LogP contribution in [0.4, 0.5) is 5.69 Å². The Hall–Kier alpha value is -4.27. The Morgan fingerprint density at radius 3 is 2.37 bits per heavy atom. The number of fused-ring (bicyclic) bond motifs is 2. The number of hydrogen-bond acceptors (Lipinski definition) is 5. The van der Waals surface area contributed by atoms with Gasteiger partial charge in [-0.15, -0.1) is 13.2 Å². The minimum absolute atomic E-state index is 0.104. The lowest BCUT2D eigenvalue weighted by molar-refractivity contribution is -0.153. The quantitative estimate of drug-likeness (QED) is 0.316. The van der Waals surface area contributed by atoms with Crippen LogP contribution >= 0.6 is 0 Å². The first-order chi connectivity index (χ1) is 22.1. The fourth-order valence-corrected chi connectivity index (χ4v) is 8.33. The molecule has 240 valence electrons. The number of carbonyl (C=O) groups is 3. The van der Waals surface area contributed by atoms with E-state index in [2.05, 4.69) is 13.2 Å². The van der Waals surface area contributed by atoms with Crippen molar-refractivity contribution in [2.24, 2.45) is 17.8 Å². The van der Waals surface area contributed by atoms with E-state index in [1.54, 1.807) is 33.9 Å². The van der Waals surface area contributed by atoms with Crippen LogP contribution in [0.25, 0.3) is 10.8 Å². The number of benzene rings is 3. The van der Waals surface area contributed by atoms with E-state index in [0.717, 1.165) is 16.3 Å². The summed E-state index contributed by atoms with van der Waals surface area (Å²) >= 11 is 0. The fourth-order valence-electron chi connectivity index (χ4n) is 8.33. The molecule has 3 saturated heterocycles. The van der Waals surface area contributed by atoms with Crippen LogP contribution in [-0.2, 0) is 25.5 Å². The summed E-state index contributed by atoms with van der Waals surface area (Å²) in [6.45, 7) is 11.8. The molecule has 3 heterocycles. The molecule has 3 aromatic carbocycles. The molecule has 3 unspecified atom stereocenters.